The van der Waals surface area contributed by atoms with Crippen molar-refractivity contribution in [3.8, 4) is 0 Å². The number of nitrogens with two attached hydrogens (primary N) is 1. The maximum absolute atomic E-state index is 5.59. The van der Waals surface area contributed by atoms with Gasteiger partial charge in [0.1, 0.15) is 0 Å². The highest BCUT2D eigenvalue weighted by atomic mass is 16.5. The van der Waals surface area contributed by atoms with E-state index in [0.717, 1.165) is 5.82 Å². The van der Waals surface area contributed by atoms with Crippen molar-refractivity contribution in [2.75, 3.05) is 0 Å². The Labute approximate surface area is 71.1 Å². The smallest absolute Gasteiger partial charge is 0.243 e. The molecule has 1 fully saturated rings. The third-order valence-electron chi connectivity index (χ3n) is 2.32. The van der Waals surface area contributed by atoms with Gasteiger partial charge in [-0.15, -0.1) is 0 Å². The van der Waals surface area contributed by atoms with Crippen LogP contribution in [0.3, 0.4) is 0 Å². The molecule has 0 bridgehead atoms. The maximum Gasteiger partial charge on any atom is 0.243 e. The van der Waals surface area contributed by atoms with E-state index in [9.17, 15) is 0 Å². The standard InChI is InChI=1S/C8H13N3O/c1-5(9)8-10-7(11-12-8)6-3-2-4-6/h5-6H,2-4,9H2,1H3/t5-/m0/s1. The van der Waals surface area contributed by atoms with Gasteiger partial charge in [0.15, 0.2) is 5.82 Å². The van der Waals surface area contributed by atoms with Gasteiger partial charge in [0.25, 0.3) is 0 Å². The van der Waals surface area contributed by atoms with Crippen molar-refractivity contribution in [2.24, 2.45) is 5.73 Å². The van der Waals surface area contributed by atoms with Gasteiger partial charge in [0.05, 0.1) is 6.04 Å². The summed E-state index contributed by atoms with van der Waals surface area (Å²) in [7, 11) is 0. The van der Waals surface area contributed by atoms with Crippen molar-refractivity contribution in [1.82, 2.24) is 10.1 Å². The highest BCUT2D eigenvalue weighted by Crippen LogP contribution is 2.34. The van der Waals surface area contributed by atoms with Gasteiger partial charge in [-0.05, 0) is 19.8 Å². The summed E-state index contributed by atoms with van der Waals surface area (Å²) in [6, 6.07) is -0.147. The predicted octanol–water partition coefficient (Wildman–Crippen LogP) is 1.36. The molecule has 1 saturated carbocycles. The molecule has 0 saturated heterocycles. The lowest BCUT2D eigenvalue weighted by Gasteiger charge is -2.20. The van der Waals surface area contributed by atoms with Crippen molar-refractivity contribution in [3.63, 3.8) is 0 Å². The van der Waals surface area contributed by atoms with E-state index in [1.165, 1.54) is 19.3 Å². The van der Waals surface area contributed by atoms with Gasteiger partial charge in [-0.2, -0.15) is 4.98 Å². The lowest BCUT2D eigenvalue weighted by Crippen LogP contribution is -2.11. The lowest BCUT2D eigenvalue weighted by atomic mass is 9.85. The quantitative estimate of drug-likeness (QED) is 0.722. The summed E-state index contributed by atoms with van der Waals surface area (Å²) < 4.78 is 5.00. The monoisotopic (exact) mass is 167 g/mol. The van der Waals surface area contributed by atoms with Gasteiger partial charge in [-0.3, -0.25) is 0 Å². The van der Waals surface area contributed by atoms with Crippen LogP contribution in [0.2, 0.25) is 0 Å². The number of nitrogens with zero attached hydrogens (tertiary/aromatic N) is 2. The molecule has 0 amide bonds. The molecular weight excluding hydrogens is 154 g/mol. The summed E-state index contributed by atoms with van der Waals surface area (Å²) in [6.45, 7) is 1.85. The van der Waals surface area contributed by atoms with Crippen molar-refractivity contribution in [2.45, 2.75) is 38.1 Å². The molecule has 0 radical (unpaired) electrons. The van der Waals surface area contributed by atoms with Gasteiger partial charge in [-0.1, -0.05) is 11.6 Å². The third kappa shape index (κ3) is 1.22. The van der Waals surface area contributed by atoms with Crippen molar-refractivity contribution in [1.29, 1.82) is 0 Å². The van der Waals surface area contributed by atoms with E-state index in [-0.39, 0.29) is 6.04 Å². The van der Waals surface area contributed by atoms with E-state index in [4.69, 9.17) is 10.3 Å². The molecule has 2 N–H and O–H groups in total. The van der Waals surface area contributed by atoms with Crippen LogP contribution in [0.15, 0.2) is 4.52 Å². The van der Waals surface area contributed by atoms with Crippen molar-refractivity contribution < 1.29 is 4.52 Å². The van der Waals surface area contributed by atoms with Crippen LogP contribution in [0, 0.1) is 0 Å². The predicted molar refractivity (Wildman–Crippen MR) is 43.5 cm³/mol. The number of hydrogen-bond acceptors (Lipinski definition) is 4. The molecule has 1 aromatic heterocycles. The van der Waals surface area contributed by atoms with Crippen LogP contribution in [0.4, 0.5) is 0 Å². The van der Waals surface area contributed by atoms with E-state index in [0.29, 0.717) is 11.8 Å². The Kier molecular flexibility index (Phi) is 1.84. The van der Waals surface area contributed by atoms with Gasteiger partial charge in [0.2, 0.25) is 5.89 Å². The number of hydrogen-bond donors (Lipinski definition) is 1. The van der Waals surface area contributed by atoms with Gasteiger partial charge in [-0.25, -0.2) is 0 Å². The zero-order chi connectivity index (χ0) is 8.55. The summed E-state index contributed by atoms with van der Waals surface area (Å²) >= 11 is 0. The molecular formula is C8H13N3O. The van der Waals surface area contributed by atoms with E-state index in [1.54, 1.807) is 0 Å². The van der Waals surface area contributed by atoms with Crippen LogP contribution in [-0.4, -0.2) is 10.1 Å². The number of aromatic nitrogens is 2. The van der Waals surface area contributed by atoms with Crippen LogP contribution < -0.4 is 5.73 Å². The molecule has 1 heterocycles. The Balaban J connectivity index is 2.12. The Hall–Kier alpha value is -0.900. The lowest BCUT2D eigenvalue weighted by molar-refractivity contribution is 0.338. The van der Waals surface area contributed by atoms with Crippen LogP contribution in [-0.2, 0) is 0 Å². The number of rotatable bonds is 2. The molecule has 4 heteroatoms. The van der Waals surface area contributed by atoms with Gasteiger partial charge >= 0.3 is 0 Å². The summed E-state index contributed by atoms with van der Waals surface area (Å²) in [5, 5.41) is 3.89. The van der Waals surface area contributed by atoms with E-state index in [1.807, 2.05) is 6.92 Å². The Morgan fingerprint density at radius 1 is 1.58 bits per heavy atom. The summed E-state index contributed by atoms with van der Waals surface area (Å²) in [4.78, 5) is 4.23. The van der Waals surface area contributed by atoms with Gasteiger partial charge < -0.3 is 10.3 Å². The normalized spacial score (nSPS) is 20.5. The van der Waals surface area contributed by atoms with Crippen molar-refractivity contribution >= 4 is 0 Å². The average Bonchev–Trinajstić information content (AvgIpc) is 2.32. The third-order valence-corrected chi connectivity index (χ3v) is 2.32. The molecule has 1 atom stereocenters. The molecule has 1 aliphatic rings. The summed E-state index contributed by atoms with van der Waals surface area (Å²) in [5.41, 5.74) is 5.59. The molecule has 0 aliphatic heterocycles. The Morgan fingerprint density at radius 2 is 2.33 bits per heavy atom. The SMILES string of the molecule is C[C@H](N)c1nc(C2CCC2)no1. The van der Waals surface area contributed by atoms with Crippen molar-refractivity contribution in [3.05, 3.63) is 11.7 Å². The molecule has 4 nitrogen and oxygen atoms in total. The average molecular weight is 167 g/mol. The zero-order valence-electron chi connectivity index (χ0n) is 7.16. The molecule has 12 heavy (non-hydrogen) atoms. The maximum atomic E-state index is 5.59. The van der Waals surface area contributed by atoms with Crippen LogP contribution in [0.1, 0.15) is 49.9 Å². The molecule has 0 unspecified atom stereocenters. The summed E-state index contributed by atoms with van der Waals surface area (Å²) in [6.07, 6.45) is 3.67. The zero-order valence-corrected chi connectivity index (χ0v) is 7.16. The van der Waals surface area contributed by atoms with Crippen LogP contribution in [0.25, 0.3) is 0 Å². The highest BCUT2D eigenvalue weighted by Gasteiger charge is 2.25. The Bertz CT molecular complexity index is 265. The Morgan fingerprint density at radius 3 is 2.75 bits per heavy atom. The van der Waals surface area contributed by atoms with E-state index in [2.05, 4.69) is 10.1 Å². The fraction of sp³-hybridized carbons (Fsp3) is 0.750. The highest BCUT2D eigenvalue weighted by molar-refractivity contribution is 5.00. The van der Waals surface area contributed by atoms with Crippen LogP contribution in [0.5, 0.6) is 0 Å². The second kappa shape index (κ2) is 2.86. The first-order valence-corrected chi connectivity index (χ1v) is 4.36. The molecule has 0 aromatic carbocycles. The molecule has 2 rings (SSSR count). The minimum absolute atomic E-state index is 0.147. The molecule has 66 valence electrons. The minimum Gasteiger partial charge on any atom is -0.338 e. The molecule has 1 aromatic rings. The largest absolute Gasteiger partial charge is 0.338 e. The van der Waals surface area contributed by atoms with E-state index < -0.39 is 0 Å². The second-order valence-corrected chi connectivity index (χ2v) is 3.41. The fourth-order valence-electron chi connectivity index (χ4n) is 1.26. The molecule has 1 aliphatic carbocycles. The molecule has 0 spiro atoms. The first-order valence-electron chi connectivity index (χ1n) is 4.36. The van der Waals surface area contributed by atoms with E-state index >= 15 is 0 Å². The first-order chi connectivity index (χ1) is 5.77. The van der Waals surface area contributed by atoms with Gasteiger partial charge in [0, 0.05) is 5.92 Å². The summed E-state index contributed by atoms with van der Waals surface area (Å²) in [5.74, 6) is 1.92. The van der Waals surface area contributed by atoms with Crippen LogP contribution >= 0.6 is 0 Å². The topological polar surface area (TPSA) is 64.9 Å². The first kappa shape index (κ1) is 7.73. The fourth-order valence-corrected chi connectivity index (χ4v) is 1.26. The minimum atomic E-state index is -0.147. The second-order valence-electron chi connectivity index (χ2n) is 3.41.